The van der Waals surface area contributed by atoms with E-state index in [9.17, 15) is 9.90 Å². The lowest BCUT2D eigenvalue weighted by atomic mass is 10.1. The molecule has 142 valence electrons. The van der Waals surface area contributed by atoms with E-state index in [1.165, 1.54) is 24.8 Å². The molecule has 1 aliphatic heterocycles. The van der Waals surface area contributed by atoms with E-state index >= 15 is 4.39 Å². The number of hydrogen-bond donors (Lipinski definition) is 1. The summed E-state index contributed by atoms with van der Waals surface area (Å²) in [5, 5.41) is 9.50. The zero-order chi connectivity index (χ0) is 19.5. The van der Waals surface area contributed by atoms with E-state index in [1.807, 2.05) is 23.1 Å². The minimum atomic E-state index is -0.467. The topological polar surface area (TPSA) is 82.5 Å². The summed E-state index contributed by atoms with van der Waals surface area (Å²) in [5.41, 5.74) is 1.27. The number of rotatable bonds is 3. The Morgan fingerprint density at radius 3 is 2.50 bits per heavy atom. The number of pyridine rings is 1. The monoisotopic (exact) mass is 379 g/mol. The Morgan fingerprint density at radius 2 is 1.79 bits per heavy atom. The minimum Gasteiger partial charge on any atom is -0.506 e. The van der Waals surface area contributed by atoms with Crippen LogP contribution in [0.2, 0.25) is 0 Å². The molecule has 0 spiro atoms. The molecule has 2 aromatic heterocycles. The van der Waals surface area contributed by atoms with E-state index < -0.39 is 5.82 Å². The molecule has 0 atom stereocenters. The lowest BCUT2D eigenvalue weighted by Crippen LogP contribution is -2.49. The van der Waals surface area contributed by atoms with E-state index in [-0.39, 0.29) is 23.2 Å². The predicted octanol–water partition coefficient (Wildman–Crippen LogP) is 2.35. The van der Waals surface area contributed by atoms with Crippen molar-refractivity contribution >= 4 is 11.7 Å². The first kappa shape index (κ1) is 17.8. The third-order valence-electron chi connectivity index (χ3n) is 4.66. The Morgan fingerprint density at radius 1 is 1.04 bits per heavy atom. The van der Waals surface area contributed by atoms with Gasteiger partial charge in [0.05, 0.1) is 11.8 Å². The Balaban J connectivity index is 1.49. The van der Waals surface area contributed by atoms with Crippen LogP contribution in [-0.4, -0.2) is 57.0 Å². The van der Waals surface area contributed by atoms with Crippen LogP contribution in [0.25, 0.3) is 11.3 Å². The average molecular weight is 379 g/mol. The number of anilines is 1. The highest BCUT2D eigenvalue weighted by molar-refractivity contribution is 5.94. The van der Waals surface area contributed by atoms with Crippen molar-refractivity contribution in [2.75, 3.05) is 31.1 Å². The van der Waals surface area contributed by atoms with Crippen LogP contribution in [0.4, 0.5) is 10.2 Å². The molecule has 8 heteroatoms. The van der Waals surface area contributed by atoms with Crippen molar-refractivity contribution in [1.82, 2.24) is 19.9 Å². The fraction of sp³-hybridized carbons (Fsp3) is 0.200. The normalized spacial score (nSPS) is 14.2. The predicted molar refractivity (Wildman–Crippen MR) is 101 cm³/mol. The van der Waals surface area contributed by atoms with Gasteiger partial charge in [-0.3, -0.25) is 9.78 Å². The van der Waals surface area contributed by atoms with Crippen molar-refractivity contribution in [2.45, 2.75) is 0 Å². The van der Waals surface area contributed by atoms with E-state index in [0.29, 0.717) is 37.3 Å². The molecule has 1 fully saturated rings. The maximum absolute atomic E-state index is 15.0. The van der Waals surface area contributed by atoms with Crippen LogP contribution in [0.3, 0.4) is 0 Å². The van der Waals surface area contributed by atoms with Gasteiger partial charge in [0.25, 0.3) is 5.91 Å². The number of halogens is 1. The Kier molecular flexibility index (Phi) is 4.84. The third-order valence-corrected chi connectivity index (χ3v) is 4.66. The fourth-order valence-corrected chi connectivity index (χ4v) is 3.23. The first-order chi connectivity index (χ1) is 13.6. The van der Waals surface area contributed by atoms with Gasteiger partial charge in [-0.05, 0) is 6.07 Å². The molecule has 0 aliphatic carbocycles. The Hall–Kier alpha value is -3.55. The van der Waals surface area contributed by atoms with Crippen LogP contribution in [0.15, 0.2) is 55.1 Å². The van der Waals surface area contributed by atoms with Gasteiger partial charge in [0, 0.05) is 37.9 Å². The number of hydrogen-bond acceptors (Lipinski definition) is 6. The summed E-state index contributed by atoms with van der Waals surface area (Å²) in [5.74, 6) is -0.497. The molecule has 0 unspecified atom stereocenters. The molecule has 3 heterocycles. The first-order valence-electron chi connectivity index (χ1n) is 8.87. The van der Waals surface area contributed by atoms with Crippen molar-refractivity contribution in [3.05, 3.63) is 66.5 Å². The molecular formula is C20H18FN5O2. The van der Waals surface area contributed by atoms with Gasteiger partial charge in [-0.15, -0.1) is 0 Å². The Labute approximate surface area is 161 Å². The standard InChI is InChI=1S/C20H18FN5O2/c21-17-18(14-4-2-1-3-5-14)23-13-24-19(17)25-6-8-26(9-7-25)20(28)15-10-16(27)12-22-11-15/h1-5,10-13,27H,6-9H2. The van der Waals surface area contributed by atoms with Gasteiger partial charge in [0.15, 0.2) is 11.6 Å². The highest BCUT2D eigenvalue weighted by Crippen LogP contribution is 2.26. The molecule has 4 rings (SSSR count). The number of carbonyl (C=O) groups excluding carboxylic acids is 1. The van der Waals surface area contributed by atoms with Crippen LogP contribution in [0.1, 0.15) is 10.4 Å². The van der Waals surface area contributed by atoms with Crippen LogP contribution >= 0.6 is 0 Å². The summed E-state index contributed by atoms with van der Waals surface area (Å²) in [6.45, 7) is 1.72. The van der Waals surface area contributed by atoms with Crippen LogP contribution < -0.4 is 4.90 Å². The summed E-state index contributed by atoms with van der Waals surface area (Å²) >= 11 is 0. The molecule has 28 heavy (non-hydrogen) atoms. The molecule has 1 N–H and O–H groups in total. The van der Waals surface area contributed by atoms with Crippen molar-refractivity contribution in [2.24, 2.45) is 0 Å². The second-order valence-electron chi connectivity index (χ2n) is 6.44. The quantitative estimate of drug-likeness (QED) is 0.752. The third kappa shape index (κ3) is 3.48. The molecule has 0 radical (unpaired) electrons. The Bertz CT molecular complexity index is 991. The molecular weight excluding hydrogens is 361 g/mol. The zero-order valence-electron chi connectivity index (χ0n) is 15.0. The SMILES string of the molecule is O=C(c1cncc(O)c1)N1CCN(c2ncnc(-c3ccccc3)c2F)CC1. The number of piperazine rings is 1. The van der Waals surface area contributed by atoms with Crippen molar-refractivity contribution in [1.29, 1.82) is 0 Å². The number of nitrogens with zero attached hydrogens (tertiary/aromatic N) is 5. The average Bonchev–Trinajstić information content (AvgIpc) is 2.74. The minimum absolute atomic E-state index is 0.0546. The van der Waals surface area contributed by atoms with Gasteiger partial charge in [-0.1, -0.05) is 30.3 Å². The highest BCUT2D eigenvalue weighted by Gasteiger charge is 2.26. The second-order valence-corrected chi connectivity index (χ2v) is 6.44. The lowest BCUT2D eigenvalue weighted by Gasteiger charge is -2.35. The summed E-state index contributed by atoms with van der Waals surface area (Å²) in [7, 11) is 0. The van der Waals surface area contributed by atoms with Crippen molar-refractivity contribution < 1.29 is 14.3 Å². The largest absolute Gasteiger partial charge is 0.506 e. The number of amides is 1. The van der Waals surface area contributed by atoms with Crippen molar-refractivity contribution in [3.8, 4) is 17.0 Å². The van der Waals surface area contributed by atoms with Gasteiger partial charge in [-0.25, -0.2) is 14.4 Å². The number of aromatic nitrogens is 3. The molecule has 1 amide bonds. The van der Waals surface area contributed by atoms with Crippen LogP contribution in [0.5, 0.6) is 5.75 Å². The molecule has 1 aromatic carbocycles. The van der Waals surface area contributed by atoms with Gasteiger partial charge in [-0.2, -0.15) is 0 Å². The molecule has 0 bridgehead atoms. The molecule has 1 aliphatic rings. The fourth-order valence-electron chi connectivity index (χ4n) is 3.23. The second kappa shape index (κ2) is 7.59. The van der Waals surface area contributed by atoms with Crippen molar-refractivity contribution in [3.63, 3.8) is 0 Å². The van der Waals surface area contributed by atoms with Gasteiger partial charge >= 0.3 is 0 Å². The highest BCUT2D eigenvalue weighted by atomic mass is 19.1. The number of aromatic hydroxyl groups is 1. The maximum Gasteiger partial charge on any atom is 0.255 e. The summed E-state index contributed by atoms with van der Waals surface area (Å²) in [4.78, 5) is 28.1. The van der Waals surface area contributed by atoms with E-state index in [0.717, 1.165) is 0 Å². The molecule has 7 nitrogen and oxygen atoms in total. The zero-order valence-corrected chi connectivity index (χ0v) is 15.0. The molecule has 3 aromatic rings. The molecule has 1 saturated heterocycles. The summed E-state index contributed by atoms with van der Waals surface area (Å²) in [6, 6.07) is 10.5. The number of carbonyl (C=O) groups is 1. The van der Waals surface area contributed by atoms with Gasteiger partial charge < -0.3 is 14.9 Å². The summed E-state index contributed by atoms with van der Waals surface area (Å²) in [6.07, 6.45) is 4.05. The van der Waals surface area contributed by atoms with Crippen LogP contribution in [0, 0.1) is 5.82 Å². The summed E-state index contributed by atoms with van der Waals surface area (Å²) < 4.78 is 15.0. The smallest absolute Gasteiger partial charge is 0.255 e. The van der Waals surface area contributed by atoms with Crippen LogP contribution in [-0.2, 0) is 0 Å². The number of benzene rings is 1. The van der Waals surface area contributed by atoms with E-state index in [1.54, 1.807) is 17.0 Å². The van der Waals surface area contributed by atoms with E-state index in [4.69, 9.17) is 0 Å². The molecule has 0 saturated carbocycles. The van der Waals surface area contributed by atoms with Gasteiger partial charge in [0.1, 0.15) is 17.8 Å². The van der Waals surface area contributed by atoms with E-state index in [2.05, 4.69) is 15.0 Å². The first-order valence-corrected chi connectivity index (χ1v) is 8.87. The van der Waals surface area contributed by atoms with Gasteiger partial charge in [0.2, 0.25) is 0 Å². The maximum atomic E-state index is 15.0. The lowest BCUT2D eigenvalue weighted by molar-refractivity contribution is 0.0745.